The van der Waals surface area contributed by atoms with Crippen molar-refractivity contribution in [1.82, 2.24) is 20.9 Å². The molecular weight excluding hydrogens is 378 g/mol. The molecule has 29 heavy (non-hydrogen) atoms. The molecule has 0 radical (unpaired) electrons. The van der Waals surface area contributed by atoms with Gasteiger partial charge in [-0.1, -0.05) is 39.8 Å². The fourth-order valence-corrected chi connectivity index (χ4v) is 2.86. The Kier molecular flexibility index (Phi) is 9.46. The molecule has 3 atom stereocenters. The van der Waals surface area contributed by atoms with Gasteiger partial charge in [-0.15, -0.1) is 0 Å². The van der Waals surface area contributed by atoms with E-state index in [1.807, 2.05) is 0 Å². The molecular formula is C19H31N5O5. The fourth-order valence-electron chi connectivity index (χ4n) is 2.86. The van der Waals surface area contributed by atoms with Crippen LogP contribution in [0.2, 0.25) is 0 Å². The van der Waals surface area contributed by atoms with E-state index in [-0.39, 0.29) is 30.8 Å². The molecule has 0 bridgehead atoms. The van der Waals surface area contributed by atoms with Crippen LogP contribution < -0.4 is 21.7 Å². The Balaban J connectivity index is 2.67. The summed E-state index contributed by atoms with van der Waals surface area (Å²) in [5, 5.41) is 7.59. The Bertz CT molecular complexity index is 661. The Labute approximate surface area is 170 Å². The third-order valence-electron chi connectivity index (χ3n) is 4.54. The molecule has 1 heterocycles. The summed E-state index contributed by atoms with van der Waals surface area (Å²) < 4.78 is 0. The third kappa shape index (κ3) is 6.97. The first-order valence-electron chi connectivity index (χ1n) is 9.61. The Hall–Kier alpha value is -2.75. The average Bonchev–Trinajstić information content (AvgIpc) is 3.15. The van der Waals surface area contributed by atoms with Crippen molar-refractivity contribution in [2.75, 3.05) is 19.6 Å². The number of nitrogens with two attached hydrogens (primary N) is 1. The first kappa shape index (κ1) is 24.3. The molecule has 10 nitrogen and oxygen atoms in total. The molecule has 10 heteroatoms. The van der Waals surface area contributed by atoms with Crippen LogP contribution in [0.15, 0.2) is 12.2 Å². The van der Waals surface area contributed by atoms with Crippen molar-refractivity contribution in [3.05, 3.63) is 12.2 Å². The van der Waals surface area contributed by atoms with Crippen LogP contribution in [0.5, 0.6) is 0 Å². The van der Waals surface area contributed by atoms with Crippen LogP contribution in [0.25, 0.3) is 0 Å². The normalized spacial score (nSPS) is 17.8. The maximum absolute atomic E-state index is 12.7. The van der Waals surface area contributed by atoms with E-state index in [1.54, 1.807) is 39.8 Å². The van der Waals surface area contributed by atoms with Crippen molar-refractivity contribution in [2.24, 2.45) is 17.6 Å². The van der Waals surface area contributed by atoms with Gasteiger partial charge in [-0.2, -0.15) is 0 Å². The molecule has 1 aliphatic heterocycles. The van der Waals surface area contributed by atoms with Crippen LogP contribution in [0, 0.1) is 11.8 Å². The SMILES string of the molecule is CC(C)[C@H](NC(=O)CN)C(=O)NCC(=O)N[C@H](C(=O)N1CC=C[C@@H]1C=O)C(C)C. The van der Waals surface area contributed by atoms with Crippen LogP contribution in [-0.4, -0.2) is 72.6 Å². The summed E-state index contributed by atoms with van der Waals surface area (Å²) in [4.78, 5) is 61.3. The number of carbonyl (C=O) groups is 5. The van der Waals surface area contributed by atoms with Gasteiger partial charge in [0.2, 0.25) is 23.6 Å². The van der Waals surface area contributed by atoms with Crippen molar-refractivity contribution < 1.29 is 24.0 Å². The topological polar surface area (TPSA) is 151 Å². The molecule has 0 aromatic carbocycles. The Morgan fingerprint density at radius 3 is 2.17 bits per heavy atom. The number of carbonyl (C=O) groups excluding carboxylic acids is 5. The Morgan fingerprint density at radius 1 is 1.07 bits per heavy atom. The molecule has 0 saturated carbocycles. The first-order valence-corrected chi connectivity index (χ1v) is 9.61. The number of nitrogens with zero attached hydrogens (tertiary/aromatic N) is 1. The van der Waals surface area contributed by atoms with Crippen LogP contribution in [-0.2, 0) is 24.0 Å². The molecule has 162 valence electrons. The van der Waals surface area contributed by atoms with E-state index in [4.69, 9.17) is 5.73 Å². The Morgan fingerprint density at radius 2 is 1.66 bits per heavy atom. The first-order chi connectivity index (χ1) is 13.6. The molecule has 0 aliphatic carbocycles. The van der Waals surface area contributed by atoms with Crippen LogP contribution in [0.3, 0.4) is 0 Å². The van der Waals surface area contributed by atoms with E-state index in [0.29, 0.717) is 12.8 Å². The zero-order valence-corrected chi connectivity index (χ0v) is 17.3. The molecule has 0 aromatic rings. The minimum Gasteiger partial charge on any atom is -0.345 e. The summed E-state index contributed by atoms with van der Waals surface area (Å²) in [6.07, 6.45) is 4.02. The number of aldehydes is 1. The molecule has 0 fully saturated rings. The fraction of sp³-hybridized carbons (Fsp3) is 0.632. The maximum atomic E-state index is 12.7. The minimum absolute atomic E-state index is 0.207. The van der Waals surface area contributed by atoms with Gasteiger partial charge in [0.05, 0.1) is 13.1 Å². The summed E-state index contributed by atoms with van der Waals surface area (Å²) in [6, 6.07) is -2.30. The number of nitrogens with one attached hydrogen (secondary N) is 3. The highest BCUT2D eigenvalue weighted by Crippen LogP contribution is 2.13. The molecule has 4 amide bonds. The van der Waals surface area contributed by atoms with Crippen molar-refractivity contribution in [2.45, 2.75) is 45.8 Å². The molecule has 5 N–H and O–H groups in total. The smallest absolute Gasteiger partial charge is 0.246 e. The van der Waals surface area contributed by atoms with Gasteiger partial charge in [0.25, 0.3) is 0 Å². The van der Waals surface area contributed by atoms with Gasteiger partial charge in [-0.05, 0) is 11.8 Å². The number of hydrogen-bond donors (Lipinski definition) is 4. The van der Waals surface area contributed by atoms with Crippen LogP contribution in [0.4, 0.5) is 0 Å². The highest BCUT2D eigenvalue weighted by atomic mass is 16.2. The van der Waals surface area contributed by atoms with Gasteiger partial charge in [0.1, 0.15) is 24.4 Å². The van der Waals surface area contributed by atoms with E-state index in [1.165, 1.54) is 4.90 Å². The maximum Gasteiger partial charge on any atom is 0.246 e. The number of amides is 4. The number of rotatable bonds is 10. The molecule has 1 aliphatic rings. The summed E-state index contributed by atoms with van der Waals surface area (Å²) in [7, 11) is 0. The second-order valence-electron chi connectivity index (χ2n) is 7.55. The largest absolute Gasteiger partial charge is 0.345 e. The van der Waals surface area contributed by atoms with Crippen LogP contribution in [0.1, 0.15) is 27.7 Å². The van der Waals surface area contributed by atoms with Gasteiger partial charge in [-0.25, -0.2) is 0 Å². The molecule has 0 spiro atoms. The molecule has 0 aromatic heterocycles. The second-order valence-corrected chi connectivity index (χ2v) is 7.55. The summed E-state index contributed by atoms with van der Waals surface area (Å²) >= 11 is 0. The average molecular weight is 409 g/mol. The molecule has 1 rings (SSSR count). The van der Waals surface area contributed by atoms with E-state index >= 15 is 0 Å². The summed E-state index contributed by atoms with van der Waals surface area (Å²) in [5.41, 5.74) is 5.26. The van der Waals surface area contributed by atoms with Crippen LogP contribution >= 0.6 is 0 Å². The second kappa shape index (κ2) is 11.3. The third-order valence-corrected chi connectivity index (χ3v) is 4.54. The van der Waals surface area contributed by atoms with Crippen molar-refractivity contribution in [1.29, 1.82) is 0 Å². The van der Waals surface area contributed by atoms with Gasteiger partial charge < -0.3 is 31.4 Å². The van der Waals surface area contributed by atoms with Gasteiger partial charge >= 0.3 is 0 Å². The lowest BCUT2D eigenvalue weighted by Gasteiger charge is -2.29. The van der Waals surface area contributed by atoms with Crippen molar-refractivity contribution >= 4 is 29.9 Å². The number of hydrogen-bond acceptors (Lipinski definition) is 6. The van der Waals surface area contributed by atoms with E-state index in [0.717, 1.165) is 0 Å². The highest BCUT2D eigenvalue weighted by Gasteiger charge is 2.33. The lowest BCUT2D eigenvalue weighted by atomic mass is 10.0. The lowest BCUT2D eigenvalue weighted by molar-refractivity contribution is -0.139. The van der Waals surface area contributed by atoms with Gasteiger partial charge in [0.15, 0.2) is 0 Å². The standard InChI is InChI=1S/C19H31N5O5/c1-11(2)16(22-14(26)8-20)18(28)21-9-15(27)23-17(12(3)4)19(29)24-7-5-6-13(24)10-25/h5-6,10-13,16-17H,7-9,20H2,1-4H3,(H,21,28)(H,22,26)(H,23,27)/t13-,16+,17+/m1/s1. The quantitative estimate of drug-likeness (QED) is 0.250. The van der Waals surface area contributed by atoms with Gasteiger partial charge in [0, 0.05) is 6.54 Å². The zero-order valence-electron chi connectivity index (χ0n) is 17.3. The summed E-state index contributed by atoms with van der Waals surface area (Å²) in [6.45, 7) is 6.75. The van der Waals surface area contributed by atoms with E-state index < -0.39 is 35.8 Å². The van der Waals surface area contributed by atoms with Crippen molar-refractivity contribution in [3.8, 4) is 0 Å². The lowest BCUT2D eigenvalue weighted by Crippen LogP contribution is -2.56. The monoisotopic (exact) mass is 409 g/mol. The van der Waals surface area contributed by atoms with Crippen molar-refractivity contribution in [3.63, 3.8) is 0 Å². The zero-order chi connectivity index (χ0) is 22.1. The predicted molar refractivity (Wildman–Crippen MR) is 106 cm³/mol. The van der Waals surface area contributed by atoms with E-state index in [9.17, 15) is 24.0 Å². The predicted octanol–water partition coefficient (Wildman–Crippen LogP) is -1.69. The molecule has 0 saturated heterocycles. The van der Waals surface area contributed by atoms with Gasteiger partial charge in [-0.3, -0.25) is 19.2 Å². The highest BCUT2D eigenvalue weighted by molar-refractivity contribution is 5.93. The summed E-state index contributed by atoms with van der Waals surface area (Å²) in [5.74, 6) is -2.33. The minimum atomic E-state index is -0.834. The van der Waals surface area contributed by atoms with E-state index in [2.05, 4.69) is 16.0 Å². The molecule has 0 unspecified atom stereocenters.